The summed E-state index contributed by atoms with van der Waals surface area (Å²) in [7, 11) is -3.22. The van der Waals surface area contributed by atoms with E-state index in [4.69, 9.17) is 0 Å². The maximum absolute atomic E-state index is 11.4. The molecule has 0 aliphatic carbocycles. The van der Waals surface area contributed by atoms with E-state index in [1.165, 1.54) is 0 Å². The second kappa shape index (κ2) is 5.75. The van der Waals surface area contributed by atoms with E-state index in [2.05, 4.69) is 20.0 Å². The number of H-pyrrole nitrogens is 1. The fourth-order valence-electron chi connectivity index (χ4n) is 1.49. The lowest BCUT2D eigenvalue weighted by Crippen LogP contribution is -2.14. The number of benzene rings is 1. The normalized spacial score (nSPS) is 11.2. The molecule has 0 fully saturated rings. The average molecular weight is 280 g/mol. The Balaban J connectivity index is 1.95. The summed E-state index contributed by atoms with van der Waals surface area (Å²) >= 11 is 0. The van der Waals surface area contributed by atoms with Crippen molar-refractivity contribution in [3.63, 3.8) is 0 Å². The van der Waals surface area contributed by atoms with E-state index in [1.807, 2.05) is 12.1 Å². The van der Waals surface area contributed by atoms with Gasteiger partial charge in [-0.3, -0.25) is 4.72 Å². The van der Waals surface area contributed by atoms with Crippen LogP contribution >= 0.6 is 0 Å². The van der Waals surface area contributed by atoms with Gasteiger partial charge in [-0.05, 0) is 31.2 Å². The van der Waals surface area contributed by atoms with Gasteiger partial charge < -0.3 is 10.3 Å². The monoisotopic (exact) mass is 280 g/mol. The molecule has 0 aliphatic heterocycles. The lowest BCUT2D eigenvalue weighted by molar-refractivity contribution is 0.602. The number of anilines is 2. The molecule has 3 N–H and O–H groups in total. The second-order valence-corrected chi connectivity index (χ2v) is 6.02. The Kier molecular flexibility index (Phi) is 4.06. The van der Waals surface area contributed by atoms with Gasteiger partial charge in [0.15, 0.2) is 0 Å². The van der Waals surface area contributed by atoms with Crippen molar-refractivity contribution >= 4 is 21.4 Å². The average Bonchev–Trinajstić information content (AvgIpc) is 2.91. The van der Waals surface area contributed by atoms with Gasteiger partial charge >= 0.3 is 0 Å². The van der Waals surface area contributed by atoms with Crippen molar-refractivity contribution in [2.24, 2.45) is 0 Å². The highest BCUT2D eigenvalue weighted by atomic mass is 32.2. The lowest BCUT2D eigenvalue weighted by Gasteiger charge is -2.08. The van der Waals surface area contributed by atoms with Gasteiger partial charge in [-0.25, -0.2) is 13.4 Å². The van der Waals surface area contributed by atoms with Crippen LogP contribution in [-0.2, 0) is 16.6 Å². The van der Waals surface area contributed by atoms with Gasteiger partial charge in [-0.2, -0.15) is 0 Å². The third kappa shape index (κ3) is 3.99. The van der Waals surface area contributed by atoms with Crippen molar-refractivity contribution in [2.75, 3.05) is 15.8 Å². The number of aromatic nitrogens is 2. The smallest absolute Gasteiger partial charge is 0.232 e. The van der Waals surface area contributed by atoms with Gasteiger partial charge in [0.2, 0.25) is 10.0 Å². The Bertz CT molecular complexity index is 606. The third-order valence-corrected chi connectivity index (χ3v) is 3.88. The van der Waals surface area contributed by atoms with Crippen molar-refractivity contribution in [3.05, 3.63) is 42.5 Å². The van der Waals surface area contributed by atoms with Crippen LogP contribution < -0.4 is 10.0 Å². The number of aromatic amines is 1. The molecule has 0 aliphatic rings. The molecular formula is C12H16N4O2S. The van der Waals surface area contributed by atoms with Gasteiger partial charge in [-0.1, -0.05) is 0 Å². The fraction of sp³-hybridized carbons (Fsp3) is 0.250. The van der Waals surface area contributed by atoms with Gasteiger partial charge in [0.05, 0.1) is 24.3 Å². The standard InChI is InChI=1S/C12H16N4O2S/c1-2-19(17,18)16-11-5-3-10(4-6-11)14-8-12-7-13-9-15-12/h3-7,9,14,16H,2,8H2,1H3,(H,13,15). The highest BCUT2D eigenvalue weighted by Gasteiger charge is 2.06. The Hall–Kier alpha value is -2.02. The van der Waals surface area contributed by atoms with E-state index in [9.17, 15) is 8.42 Å². The highest BCUT2D eigenvalue weighted by Crippen LogP contribution is 2.15. The quantitative estimate of drug-likeness (QED) is 0.752. The summed E-state index contributed by atoms with van der Waals surface area (Å²) in [6.45, 7) is 2.24. The molecule has 2 rings (SSSR count). The molecular weight excluding hydrogens is 264 g/mol. The van der Waals surface area contributed by atoms with Crippen LogP contribution in [0.25, 0.3) is 0 Å². The molecule has 0 atom stereocenters. The van der Waals surface area contributed by atoms with Crippen LogP contribution in [0.1, 0.15) is 12.6 Å². The van der Waals surface area contributed by atoms with E-state index in [0.717, 1.165) is 11.4 Å². The highest BCUT2D eigenvalue weighted by molar-refractivity contribution is 7.92. The predicted octanol–water partition coefficient (Wildman–Crippen LogP) is 1.78. The number of rotatable bonds is 6. The summed E-state index contributed by atoms with van der Waals surface area (Å²) in [6.07, 6.45) is 3.37. The van der Waals surface area contributed by atoms with E-state index < -0.39 is 10.0 Å². The Morgan fingerprint density at radius 2 is 1.89 bits per heavy atom. The number of nitrogens with zero attached hydrogens (tertiary/aromatic N) is 1. The number of hydrogen-bond acceptors (Lipinski definition) is 4. The van der Waals surface area contributed by atoms with Gasteiger partial charge in [0.25, 0.3) is 0 Å². The van der Waals surface area contributed by atoms with Crippen molar-refractivity contribution < 1.29 is 8.42 Å². The van der Waals surface area contributed by atoms with E-state index in [-0.39, 0.29) is 5.75 Å². The molecule has 0 bridgehead atoms. The maximum atomic E-state index is 11.4. The van der Waals surface area contributed by atoms with Crippen LogP contribution in [0.2, 0.25) is 0 Å². The zero-order valence-corrected chi connectivity index (χ0v) is 11.4. The van der Waals surface area contributed by atoms with Crippen molar-refractivity contribution in [3.8, 4) is 0 Å². The topological polar surface area (TPSA) is 86.9 Å². The Labute approximate surface area is 112 Å². The van der Waals surface area contributed by atoms with Crippen LogP contribution in [-0.4, -0.2) is 24.1 Å². The zero-order chi connectivity index (χ0) is 13.7. The molecule has 1 heterocycles. The molecule has 0 saturated heterocycles. The van der Waals surface area contributed by atoms with Gasteiger partial charge in [0.1, 0.15) is 0 Å². The third-order valence-electron chi connectivity index (χ3n) is 2.58. The minimum absolute atomic E-state index is 0.0623. The van der Waals surface area contributed by atoms with Crippen LogP contribution in [0.5, 0.6) is 0 Å². The molecule has 1 aromatic heterocycles. The molecule has 1 aromatic carbocycles. The molecule has 7 heteroatoms. The van der Waals surface area contributed by atoms with Gasteiger partial charge in [0, 0.05) is 17.6 Å². The summed E-state index contributed by atoms with van der Waals surface area (Å²) in [4.78, 5) is 6.92. The minimum atomic E-state index is -3.22. The fourth-order valence-corrected chi connectivity index (χ4v) is 2.13. The minimum Gasteiger partial charge on any atom is -0.379 e. The Morgan fingerprint density at radius 3 is 2.47 bits per heavy atom. The van der Waals surface area contributed by atoms with E-state index in [1.54, 1.807) is 31.6 Å². The second-order valence-electron chi connectivity index (χ2n) is 4.01. The molecule has 102 valence electrons. The number of hydrogen-bond donors (Lipinski definition) is 3. The largest absolute Gasteiger partial charge is 0.379 e. The molecule has 2 aromatic rings. The van der Waals surface area contributed by atoms with Crippen LogP contribution in [0.4, 0.5) is 11.4 Å². The number of sulfonamides is 1. The molecule has 0 unspecified atom stereocenters. The summed E-state index contributed by atoms with van der Waals surface area (Å²) in [5, 5.41) is 3.20. The first-order chi connectivity index (χ1) is 9.09. The SMILES string of the molecule is CCS(=O)(=O)Nc1ccc(NCc2cnc[nH]2)cc1. The molecule has 0 spiro atoms. The predicted molar refractivity (Wildman–Crippen MR) is 75.4 cm³/mol. The first-order valence-electron chi connectivity index (χ1n) is 5.91. The summed E-state index contributed by atoms with van der Waals surface area (Å²) < 4.78 is 25.3. The van der Waals surface area contributed by atoms with Crippen molar-refractivity contribution in [1.29, 1.82) is 0 Å². The van der Waals surface area contributed by atoms with E-state index in [0.29, 0.717) is 12.2 Å². The van der Waals surface area contributed by atoms with Crippen molar-refractivity contribution in [2.45, 2.75) is 13.5 Å². The summed E-state index contributed by atoms with van der Waals surface area (Å²) in [5.74, 6) is 0.0623. The van der Waals surface area contributed by atoms with Crippen LogP contribution in [0.15, 0.2) is 36.8 Å². The maximum Gasteiger partial charge on any atom is 0.232 e. The van der Waals surface area contributed by atoms with Crippen LogP contribution in [0, 0.1) is 0 Å². The molecule has 0 saturated carbocycles. The van der Waals surface area contributed by atoms with E-state index >= 15 is 0 Å². The van der Waals surface area contributed by atoms with Crippen LogP contribution in [0.3, 0.4) is 0 Å². The number of imidazole rings is 1. The lowest BCUT2D eigenvalue weighted by atomic mass is 10.3. The first kappa shape index (κ1) is 13.4. The Morgan fingerprint density at radius 1 is 1.21 bits per heavy atom. The molecule has 19 heavy (non-hydrogen) atoms. The summed E-state index contributed by atoms with van der Waals surface area (Å²) in [5.41, 5.74) is 2.46. The van der Waals surface area contributed by atoms with Gasteiger partial charge in [-0.15, -0.1) is 0 Å². The zero-order valence-electron chi connectivity index (χ0n) is 10.6. The number of nitrogens with one attached hydrogen (secondary N) is 3. The van der Waals surface area contributed by atoms with Crippen molar-refractivity contribution in [1.82, 2.24) is 9.97 Å². The first-order valence-corrected chi connectivity index (χ1v) is 7.56. The molecule has 6 nitrogen and oxygen atoms in total. The molecule has 0 amide bonds. The molecule has 0 radical (unpaired) electrons. The summed E-state index contributed by atoms with van der Waals surface area (Å²) in [6, 6.07) is 7.10.